The van der Waals surface area contributed by atoms with Gasteiger partial charge in [0.25, 0.3) is 0 Å². The molecule has 0 aromatic heterocycles. The third-order valence-electron chi connectivity index (χ3n) is 8.04. The van der Waals surface area contributed by atoms with Gasteiger partial charge in [-0.25, -0.2) is 0 Å². The van der Waals surface area contributed by atoms with Crippen molar-refractivity contribution in [3.05, 3.63) is 23.3 Å². The molecule has 29 heavy (non-hydrogen) atoms. The number of hydrogen-bond donors (Lipinski definition) is 0. The Morgan fingerprint density at radius 3 is 2.93 bits per heavy atom. The molecule has 2 aliphatic carbocycles. The summed E-state index contributed by atoms with van der Waals surface area (Å²) in [7, 11) is 3.93. The number of methoxy groups -OCH3 is 1. The molecule has 2 bridgehead atoms. The molecule has 1 saturated heterocycles. The minimum Gasteiger partial charge on any atom is -0.493 e. The van der Waals surface area contributed by atoms with Gasteiger partial charge >= 0.3 is 0 Å². The molecule has 0 N–H and O–H groups in total. The summed E-state index contributed by atoms with van der Waals surface area (Å²) in [6.07, 6.45) is 3.43. The van der Waals surface area contributed by atoms with Crippen molar-refractivity contribution in [2.75, 3.05) is 20.7 Å². The molecule has 3 heterocycles. The van der Waals surface area contributed by atoms with Gasteiger partial charge in [0.2, 0.25) is 17.5 Å². The van der Waals surface area contributed by atoms with E-state index in [1.165, 1.54) is 11.1 Å². The van der Waals surface area contributed by atoms with Crippen LogP contribution in [0.25, 0.3) is 0 Å². The molecule has 1 amide bonds. The molecule has 5 aliphatic rings. The number of ether oxygens (including phenoxy) is 3. The van der Waals surface area contributed by atoms with Crippen LogP contribution in [-0.4, -0.2) is 60.3 Å². The summed E-state index contributed by atoms with van der Waals surface area (Å²) < 4.78 is 18.8. The number of benzene rings is 1. The van der Waals surface area contributed by atoms with Gasteiger partial charge in [-0.05, 0) is 50.4 Å². The highest BCUT2D eigenvalue weighted by atomic mass is 16.6. The third kappa shape index (κ3) is 1.88. The van der Waals surface area contributed by atoms with Crippen molar-refractivity contribution in [1.82, 2.24) is 9.91 Å². The summed E-state index contributed by atoms with van der Waals surface area (Å²) in [6, 6.07) is 4.70. The number of amides is 1. The fourth-order valence-electron chi connectivity index (χ4n) is 7.08. The highest BCUT2D eigenvalue weighted by molar-refractivity contribution is 5.82. The van der Waals surface area contributed by atoms with E-state index in [2.05, 4.69) is 23.1 Å². The Labute approximate surface area is 170 Å². The Balaban J connectivity index is 1.60. The molecular weight excluding hydrogens is 370 g/mol. The maximum absolute atomic E-state index is 12.6. The second-order valence-electron chi connectivity index (χ2n) is 9.21. The van der Waals surface area contributed by atoms with Gasteiger partial charge in [-0.15, -0.1) is 5.10 Å². The van der Waals surface area contributed by atoms with Gasteiger partial charge in [-0.3, -0.25) is 4.79 Å². The average molecular weight is 397 g/mol. The summed E-state index contributed by atoms with van der Waals surface area (Å²) in [6.45, 7) is 4.39. The highest BCUT2D eigenvalue weighted by Gasteiger charge is 2.73. The standard InChI is InChI=1S/C22H27N3O4/c1-12-23-25(13(2)26)22(29-12)8-7-15-16-11-14-5-6-17(27-4)19-18(14)21(15,20(22)28-19)9-10-24(16)3/h5-6,15-16,20H,7-11H2,1-4H3/t15-,16+,20+,21-,22-/m0/s1. The summed E-state index contributed by atoms with van der Waals surface area (Å²) in [5.41, 5.74) is 1.58. The predicted molar refractivity (Wildman–Crippen MR) is 106 cm³/mol. The van der Waals surface area contributed by atoms with Gasteiger partial charge in [0.1, 0.15) is 0 Å². The Morgan fingerprint density at radius 2 is 2.17 bits per heavy atom. The molecule has 154 valence electrons. The van der Waals surface area contributed by atoms with Gasteiger partial charge in [0.15, 0.2) is 17.6 Å². The van der Waals surface area contributed by atoms with Crippen LogP contribution >= 0.6 is 0 Å². The highest BCUT2D eigenvalue weighted by Crippen LogP contribution is 2.66. The van der Waals surface area contributed by atoms with E-state index in [0.717, 1.165) is 43.7 Å². The maximum Gasteiger partial charge on any atom is 0.244 e. The zero-order valence-corrected chi connectivity index (χ0v) is 17.4. The topological polar surface area (TPSA) is 63.6 Å². The van der Waals surface area contributed by atoms with Crippen molar-refractivity contribution >= 4 is 11.8 Å². The van der Waals surface area contributed by atoms with Crippen molar-refractivity contribution in [1.29, 1.82) is 0 Å². The van der Waals surface area contributed by atoms with Crippen LogP contribution in [0.15, 0.2) is 17.2 Å². The molecule has 1 aromatic rings. The molecule has 1 aromatic carbocycles. The third-order valence-corrected chi connectivity index (χ3v) is 8.04. The lowest BCUT2D eigenvalue weighted by molar-refractivity contribution is -0.206. The van der Waals surface area contributed by atoms with Crippen LogP contribution in [0.1, 0.15) is 44.2 Å². The van der Waals surface area contributed by atoms with Crippen molar-refractivity contribution in [3.8, 4) is 11.5 Å². The number of likely N-dealkylation sites (tertiary alicyclic amines) is 1. The van der Waals surface area contributed by atoms with E-state index in [-0.39, 0.29) is 17.4 Å². The van der Waals surface area contributed by atoms with Crippen LogP contribution in [0.5, 0.6) is 11.5 Å². The van der Waals surface area contributed by atoms with Crippen molar-refractivity contribution in [2.24, 2.45) is 11.0 Å². The monoisotopic (exact) mass is 397 g/mol. The molecule has 0 radical (unpaired) electrons. The average Bonchev–Trinajstić information content (AvgIpc) is 3.22. The van der Waals surface area contributed by atoms with E-state index >= 15 is 0 Å². The van der Waals surface area contributed by atoms with Crippen molar-refractivity contribution in [3.63, 3.8) is 0 Å². The fourth-order valence-corrected chi connectivity index (χ4v) is 7.08. The number of likely N-dealkylation sites (N-methyl/N-ethyl adjacent to an activating group) is 1. The largest absolute Gasteiger partial charge is 0.493 e. The first kappa shape index (κ1) is 17.6. The van der Waals surface area contributed by atoms with Crippen molar-refractivity contribution < 1.29 is 19.0 Å². The number of fused-ring (bicyclic) bond motifs is 1. The van der Waals surface area contributed by atoms with E-state index in [9.17, 15) is 4.79 Å². The zero-order chi connectivity index (χ0) is 20.1. The number of rotatable bonds is 1. The first-order chi connectivity index (χ1) is 13.9. The van der Waals surface area contributed by atoms with Crippen LogP contribution in [0, 0.1) is 5.92 Å². The zero-order valence-electron chi connectivity index (χ0n) is 17.4. The first-order valence-corrected chi connectivity index (χ1v) is 10.5. The van der Waals surface area contributed by atoms with Gasteiger partial charge in [0.05, 0.1) is 7.11 Å². The second kappa shape index (κ2) is 5.45. The number of hydrazone groups is 1. The fraction of sp³-hybridized carbons (Fsp3) is 0.636. The molecule has 0 unspecified atom stereocenters. The number of hydrogen-bond acceptors (Lipinski definition) is 6. The summed E-state index contributed by atoms with van der Waals surface area (Å²) in [5, 5.41) is 6.02. The minimum absolute atomic E-state index is 0.108. The van der Waals surface area contributed by atoms with Gasteiger partial charge in [0, 0.05) is 37.3 Å². The van der Waals surface area contributed by atoms with Crippen LogP contribution in [0.3, 0.4) is 0 Å². The lowest BCUT2D eigenvalue weighted by Gasteiger charge is -2.61. The summed E-state index contributed by atoms with van der Waals surface area (Å²) in [4.78, 5) is 15.1. The van der Waals surface area contributed by atoms with Crippen molar-refractivity contribution in [2.45, 2.75) is 62.8 Å². The molecule has 7 nitrogen and oxygen atoms in total. The summed E-state index contributed by atoms with van der Waals surface area (Å²) >= 11 is 0. The molecule has 7 heteroatoms. The van der Waals surface area contributed by atoms with Gasteiger partial charge in [-0.1, -0.05) is 6.07 Å². The Hall–Kier alpha value is -2.28. The quantitative estimate of drug-likeness (QED) is 0.728. The Kier molecular flexibility index (Phi) is 3.30. The maximum atomic E-state index is 12.6. The summed E-state index contributed by atoms with van der Waals surface area (Å²) in [5.74, 6) is 2.51. The van der Waals surface area contributed by atoms with E-state index in [4.69, 9.17) is 14.2 Å². The minimum atomic E-state index is -0.883. The lowest BCUT2D eigenvalue weighted by Crippen LogP contribution is -2.73. The lowest BCUT2D eigenvalue weighted by atomic mass is 9.50. The Morgan fingerprint density at radius 1 is 1.34 bits per heavy atom. The predicted octanol–water partition coefficient (Wildman–Crippen LogP) is 2.27. The molecule has 2 fully saturated rings. The van der Waals surface area contributed by atoms with E-state index in [1.807, 2.05) is 13.0 Å². The molecule has 6 rings (SSSR count). The molecule has 5 atom stereocenters. The van der Waals surface area contributed by atoms with Crippen LogP contribution in [-0.2, 0) is 21.4 Å². The van der Waals surface area contributed by atoms with Gasteiger partial charge < -0.3 is 19.1 Å². The molecular formula is C22H27N3O4. The molecule has 3 aliphatic heterocycles. The molecule has 1 saturated carbocycles. The van der Waals surface area contributed by atoms with Crippen LogP contribution < -0.4 is 9.47 Å². The second-order valence-corrected chi connectivity index (χ2v) is 9.21. The number of piperidine rings is 1. The SMILES string of the molecule is COc1ccc2c3c1O[C@@H]1[C@]34CCN(C)[C@H](C2)[C@@H]4CC[C@]12OC(C)=NN2C(C)=O. The van der Waals surface area contributed by atoms with Crippen LogP contribution in [0.4, 0.5) is 0 Å². The Bertz CT molecular complexity index is 962. The first-order valence-electron chi connectivity index (χ1n) is 10.5. The van der Waals surface area contributed by atoms with E-state index in [1.54, 1.807) is 19.0 Å². The normalized spacial score (nSPS) is 39.0. The number of carbonyl (C=O) groups is 1. The number of carbonyl (C=O) groups excluding carboxylic acids is 1. The van der Waals surface area contributed by atoms with Gasteiger partial charge in [-0.2, -0.15) is 5.01 Å². The smallest absolute Gasteiger partial charge is 0.244 e. The van der Waals surface area contributed by atoms with E-state index in [0.29, 0.717) is 17.9 Å². The van der Waals surface area contributed by atoms with E-state index < -0.39 is 5.72 Å². The molecule has 2 spiro atoms. The number of nitrogens with zero attached hydrogens (tertiary/aromatic N) is 3. The van der Waals surface area contributed by atoms with Crippen LogP contribution in [0.2, 0.25) is 0 Å².